The first kappa shape index (κ1) is 46.1. The second kappa shape index (κ2) is 20.0. The second-order valence-corrected chi connectivity index (χ2v) is 11.9. The van der Waals surface area contributed by atoms with Gasteiger partial charge in [-0.2, -0.15) is 36.4 Å². The van der Waals surface area contributed by atoms with Crippen LogP contribution in [-0.2, 0) is 78.5 Å². The molecule has 3 aromatic heterocycles. The summed E-state index contributed by atoms with van der Waals surface area (Å²) in [6, 6.07) is 25.4. The van der Waals surface area contributed by atoms with E-state index in [0.717, 1.165) is 21.7 Å². The Labute approximate surface area is 369 Å². The number of pyridine rings is 2. The number of anilines is 1. The summed E-state index contributed by atoms with van der Waals surface area (Å²) in [7, 11) is 0. The Bertz CT molecular complexity index is 2670. The number of fused-ring (bicyclic) bond motifs is 1. The number of nitrogen functional groups attached to an aromatic ring is 1. The zero-order chi connectivity index (χ0) is 35.5. The first-order chi connectivity index (χ1) is 24.0. The fraction of sp³-hybridized carbons (Fsp3) is 0.105. The maximum atomic E-state index is 12.7. The Morgan fingerprint density at radius 1 is 0.722 bits per heavy atom. The van der Waals surface area contributed by atoms with Gasteiger partial charge in [0, 0.05) is 101 Å². The van der Waals surface area contributed by atoms with Crippen LogP contribution in [0.5, 0.6) is 0 Å². The van der Waals surface area contributed by atoms with Crippen molar-refractivity contribution in [3.8, 4) is 0 Å². The third-order valence-corrected chi connectivity index (χ3v) is 8.22. The van der Waals surface area contributed by atoms with Crippen molar-refractivity contribution in [2.75, 3.05) is 5.73 Å². The Morgan fingerprint density at radius 3 is 1.80 bits per heavy atom. The summed E-state index contributed by atoms with van der Waals surface area (Å²) in [5.41, 5.74) is 6.08. The number of aromatic nitrogens is 3. The summed E-state index contributed by atoms with van der Waals surface area (Å²) < 4.78 is 1.02. The maximum Gasteiger partial charge on any atom is 0.317 e. The fourth-order valence-electron chi connectivity index (χ4n) is 5.16. The summed E-state index contributed by atoms with van der Waals surface area (Å²) >= 11 is 11.6. The Hall–Kier alpha value is -4.03. The molecule has 54 heavy (non-hydrogen) atoms. The van der Waals surface area contributed by atoms with Crippen LogP contribution in [-0.4, -0.2) is 26.2 Å². The second-order valence-electron chi connectivity index (χ2n) is 11.0. The quantitative estimate of drug-likeness (QED) is 0.0874. The number of nitrogens with one attached hydrogen (secondary N) is 4. The van der Waals surface area contributed by atoms with Crippen LogP contribution < -0.4 is 38.3 Å². The minimum absolute atomic E-state index is 0. The van der Waals surface area contributed by atoms with Crippen LogP contribution in [0.25, 0.3) is 27.3 Å². The van der Waals surface area contributed by atoms with Crippen molar-refractivity contribution in [1.82, 2.24) is 25.0 Å². The molecule has 2 amide bonds. The molecule has 0 atom stereocenters. The molecule has 272 valence electrons. The molecule has 0 saturated carbocycles. The number of H-pyrrole nitrogens is 2. The predicted octanol–water partition coefficient (Wildman–Crippen LogP) is 5.08. The van der Waals surface area contributed by atoms with Gasteiger partial charge in [-0.15, -0.1) is 0 Å². The molecule has 0 spiro atoms. The number of aromatic amines is 2. The van der Waals surface area contributed by atoms with E-state index >= 15 is 0 Å². The number of benzene rings is 4. The van der Waals surface area contributed by atoms with Gasteiger partial charge in [-0.1, -0.05) is 78.8 Å². The topological polar surface area (TPSA) is 188 Å². The molecule has 4 aromatic carbocycles. The standard InChI is InChI=1S/C19H11ClN3O4.C17H13ClN3O2.2CH4.2Y/c20-11-6-4-10(5-7-11)8-21-17(25)13-9-23-15-12(16(13)24)2-1-3-14(15)22-18(26)19(23)27;18-11-6-4-10(5-7-11)8-21-17(23)13-9-20-15-12(16(13)22)2-1-3-14(15)19;;;;/h2-7,9H,8H2,(H,21,25)(H,22,26);2-7,9H,8,19H2,(H,20,22)(H,21,23);2*1H4;;/q2*-1;;;;. The third kappa shape index (κ3) is 9.98. The molecule has 0 saturated heterocycles. The number of nitrogens with two attached hydrogens (primary N) is 1. The maximum absolute atomic E-state index is 12.7. The van der Waals surface area contributed by atoms with Gasteiger partial charge in [0.15, 0.2) is 0 Å². The molecule has 3 heterocycles. The number of halogens is 2. The van der Waals surface area contributed by atoms with E-state index in [1.54, 1.807) is 42.5 Å². The van der Waals surface area contributed by atoms with Crippen LogP contribution in [0.4, 0.5) is 5.69 Å². The molecule has 12 nitrogen and oxygen atoms in total. The molecule has 6 N–H and O–H groups in total. The molecular weight excluding hydrogens is 885 g/mol. The summed E-state index contributed by atoms with van der Waals surface area (Å²) in [6.07, 6.45) is 2.48. The molecule has 7 aromatic rings. The third-order valence-electron chi connectivity index (χ3n) is 7.71. The number of hydrogen-bond donors (Lipinski definition) is 5. The van der Waals surface area contributed by atoms with Gasteiger partial charge in [0.1, 0.15) is 10.9 Å². The van der Waals surface area contributed by atoms with E-state index < -0.39 is 28.4 Å². The van der Waals surface area contributed by atoms with E-state index in [9.17, 15) is 28.8 Å². The normalized spacial score (nSPS) is 10.1. The van der Waals surface area contributed by atoms with Crippen LogP contribution >= 0.6 is 23.2 Å². The molecular formula is C38H32Cl2N6O6Y2-2. The molecule has 2 radical (unpaired) electrons. The average molecular weight is 917 g/mol. The summed E-state index contributed by atoms with van der Waals surface area (Å²) in [5.74, 6) is -1.10. The average Bonchev–Trinajstić information content (AvgIpc) is 3.11. The van der Waals surface area contributed by atoms with Gasteiger partial charge in [0.05, 0.1) is 11.1 Å². The Kier molecular flexibility index (Phi) is 17.1. The van der Waals surface area contributed by atoms with Crippen LogP contribution in [0.2, 0.25) is 10.0 Å². The minimum atomic E-state index is -0.870. The Balaban J connectivity index is 0.000000352. The van der Waals surface area contributed by atoms with Crippen molar-refractivity contribution in [3.05, 3.63) is 171 Å². The van der Waals surface area contributed by atoms with Crippen molar-refractivity contribution >= 4 is 68.0 Å². The van der Waals surface area contributed by atoms with Crippen molar-refractivity contribution < 1.29 is 75.0 Å². The van der Waals surface area contributed by atoms with E-state index in [4.69, 9.17) is 28.9 Å². The monoisotopic (exact) mass is 916 g/mol. The van der Waals surface area contributed by atoms with Gasteiger partial charge in [-0.3, -0.25) is 23.6 Å². The largest absolute Gasteiger partial charge is 0.448 e. The van der Waals surface area contributed by atoms with Crippen molar-refractivity contribution in [2.45, 2.75) is 27.9 Å². The zero-order valence-electron chi connectivity index (χ0n) is 26.9. The van der Waals surface area contributed by atoms with Gasteiger partial charge in [0.25, 0.3) is 11.8 Å². The van der Waals surface area contributed by atoms with E-state index in [2.05, 4.69) is 32.7 Å². The first-order valence-corrected chi connectivity index (χ1v) is 15.6. The first-order valence-electron chi connectivity index (χ1n) is 14.8. The fourth-order valence-corrected chi connectivity index (χ4v) is 5.41. The Morgan fingerprint density at radius 2 is 1.22 bits per heavy atom. The molecule has 7 rings (SSSR count). The summed E-state index contributed by atoms with van der Waals surface area (Å²) in [6.45, 7) is 0.477. The summed E-state index contributed by atoms with van der Waals surface area (Å²) in [5, 5.41) is 7.00. The van der Waals surface area contributed by atoms with Crippen molar-refractivity contribution in [2.24, 2.45) is 0 Å². The number of carbonyl (C=O) groups excluding carboxylic acids is 2. The zero-order valence-corrected chi connectivity index (χ0v) is 34.1. The minimum Gasteiger partial charge on any atom is -0.448 e. The number of hydrogen-bond acceptors (Lipinski definition) is 7. The van der Waals surface area contributed by atoms with Crippen LogP contribution in [0.3, 0.4) is 0 Å². The molecule has 0 aliphatic rings. The predicted molar refractivity (Wildman–Crippen MR) is 205 cm³/mol. The smallest absolute Gasteiger partial charge is 0.317 e. The van der Waals surface area contributed by atoms with Crippen LogP contribution in [0.1, 0.15) is 46.7 Å². The molecule has 0 aliphatic heterocycles. The molecule has 0 bridgehead atoms. The van der Waals surface area contributed by atoms with Crippen molar-refractivity contribution in [3.63, 3.8) is 0 Å². The van der Waals surface area contributed by atoms with Gasteiger partial charge in [0.2, 0.25) is 0 Å². The number of rotatable bonds is 6. The molecule has 16 heteroatoms. The number of carbonyl (C=O) groups is 2. The number of amides is 2. The van der Waals surface area contributed by atoms with Crippen LogP contribution in [0.15, 0.2) is 104 Å². The van der Waals surface area contributed by atoms with Crippen molar-refractivity contribution in [1.29, 1.82) is 0 Å². The number of nitrogens with zero attached hydrogens (tertiary/aromatic N) is 1. The van der Waals surface area contributed by atoms with Gasteiger partial charge in [-0.05, 0) is 51.9 Å². The van der Waals surface area contributed by atoms with Crippen LogP contribution in [0, 0.1) is 12.1 Å². The SMILES string of the molecule is C.C.Nc1c[c-]cc2c(=O)c(C(=O)NCc3ccc(Cl)cc3)c[nH]c12.O=C(NCc1ccc(Cl)cc1)c1cn2c(=O)c(=O)[nH]c3c[c-]cc(c1=O)c32.[Y].[Y]. The molecule has 0 fully saturated rings. The summed E-state index contributed by atoms with van der Waals surface area (Å²) in [4.78, 5) is 79.2. The molecule has 0 aliphatic carbocycles. The van der Waals surface area contributed by atoms with Gasteiger partial charge >= 0.3 is 11.1 Å². The molecule has 0 unspecified atom stereocenters. The van der Waals surface area contributed by atoms with Gasteiger partial charge in [-0.25, -0.2) is 0 Å². The van der Waals surface area contributed by atoms with E-state index in [1.807, 2.05) is 12.1 Å². The van der Waals surface area contributed by atoms with Gasteiger partial charge < -0.3 is 35.9 Å². The van der Waals surface area contributed by atoms with E-state index in [-0.39, 0.29) is 114 Å². The van der Waals surface area contributed by atoms with E-state index in [1.165, 1.54) is 24.4 Å². The van der Waals surface area contributed by atoms with E-state index in [0.29, 0.717) is 38.7 Å².